The number of carbonyl (C=O) groups is 2. The first-order valence-corrected chi connectivity index (χ1v) is 9.46. The Morgan fingerprint density at radius 1 is 1.31 bits per heavy atom. The summed E-state index contributed by atoms with van der Waals surface area (Å²) in [6.07, 6.45) is 3.96. The highest BCUT2D eigenvalue weighted by atomic mass is 35.5. The quantitative estimate of drug-likeness (QED) is 0.794. The van der Waals surface area contributed by atoms with Crippen molar-refractivity contribution in [3.8, 4) is 0 Å². The molecular formula is C20H25ClN2O3. The van der Waals surface area contributed by atoms with Gasteiger partial charge in [0.2, 0.25) is 0 Å². The second kappa shape index (κ2) is 7.70. The van der Waals surface area contributed by atoms with Gasteiger partial charge >= 0.3 is 12.0 Å². The van der Waals surface area contributed by atoms with Gasteiger partial charge in [-0.2, -0.15) is 0 Å². The van der Waals surface area contributed by atoms with E-state index in [0.717, 1.165) is 19.3 Å². The van der Waals surface area contributed by atoms with Crippen molar-refractivity contribution < 1.29 is 14.3 Å². The van der Waals surface area contributed by atoms with Crippen LogP contribution in [0.25, 0.3) is 0 Å². The van der Waals surface area contributed by atoms with Crippen LogP contribution >= 0.6 is 11.6 Å². The normalized spacial score (nSPS) is 26.5. The topological polar surface area (TPSA) is 58.6 Å². The minimum atomic E-state index is -0.610. The van der Waals surface area contributed by atoms with E-state index >= 15 is 0 Å². The fourth-order valence-corrected chi connectivity index (χ4v) is 3.99. The number of rotatable bonds is 3. The van der Waals surface area contributed by atoms with E-state index in [1.54, 1.807) is 20.0 Å². The molecule has 3 atom stereocenters. The third kappa shape index (κ3) is 3.73. The smallest absolute Gasteiger partial charge is 0.338 e. The van der Waals surface area contributed by atoms with Crippen LogP contribution < -0.4 is 5.32 Å². The van der Waals surface area contributed by atoms with Gasteiger partial charge in [-0.3, -0.25) is 0 Å². The number of esters is 1. The van der Waals surface area contributed by atoms with Crippen LogP contribution in [0.1, 0.15) is 51.1 Å². The first kappa shape index (κ1) is 18.8. The maximum atomic E-state index is 13.0. The van der Waals surface area contributed by atoms with Crippen molar-refractivity contribution in [3.05, 3.63) is 46.1 Å². The van der Waals surface area contributed by atoms with Crippen LogP contribution in [0.2, 0.25) is 5.02 Å². The van der Waals surface area contributed by atoms with E-state index in [9.17, 15) is 9.59 Å². The number of amides is 2. The Balaban J connectivity index is 1.92. The fourth-order valence-electron chi connectivity index (χ4n) is 3.74. The van der Waals surface area contributed by atoms with Crippen LogP contribution in [-0.4, -0.2) is 30.1 Å². The SMILES string of the molecule is CC1=C(C(=O)O[C@H]2CCC[C@H](C)C2)[C@@H](c2ccccc2Cl)NC(=O)N1C. The highest BCUT2D eigenvalue weighted by Crippen LogP contribution is 2.35. The number of hydrogen-bond acceptors (Lipinski definition) is 3. The number of urea groups is 1. The average molecular weight is 377 g/mol. The summed E-state index contributed by atoms with van der Waals surface area (Å²) in [5, 5.41) is 3.38. The summed E-state index contributed by atoms with van der Waals surface area (Å²) in [6.45, 7) is 3.95. The average Bonchev–Trinajstić information content (AvgIpc) is 2.59. The van der Waals surface area contributed by atoms with Gasteiger partial charge in [-0.05, 0) is 43.7 Å². The largest absolute Gasteiger partial charge is 0.459 e. The highest BCUT2D eigenvalue weighted by molar-refractivity contribution is 6.31. The Morgan fingerprint density at radius 2 is 2.04 bits per heavy atom. The zero-order valence-electron chi connectivity index (χ0n) is 15.4. The van der Waals surface area contributed by atoms with Crippen LogP contribution in [0.4, 0.5) is 4.79 Å². The molecule has 1 saturated carbocycles. The number of nitrogens with one attached hydrogen (secondary N) is 1. The summed E-state index contributed by atoms with van der Waals surface area (Å²) >= 11 is 6.33. The van der Waals surface area contributed by atoms with Gasteiger partial charge in [0.15, 0.2) is 0 Å². The Morgan fingerprint density at radius 3 is 2.73 bits per heavy atom. The van der Waals surface area contributed by atoms with Gasteiger partial charge in [0.25, 0.3) is 0 Å². The molecule has 2 amide bonds. The highest BCUT2D eigenvalue weighted by Gasteiger charge is 2.37. The lowest BCUT2D eigenvalue weighted by Crippen LogP contribution is -2.46. The molecule has 1 aromatic rings. The van der Waals surface area contributed by atoms with Gasteiger partial charge < -0.3 is 15.0 Å². The Bertz CT molecular complexity index is 746. The zero-order chi connectivity index (χ0) is 18.8. The van der Waals surface area contributed by atoms with Crippen molar-refractivity contribution in [2.45, 2.75) is 51.7 Å². The Hall–Kier alpha value is -2.01. The minimum Gasteiger partial charge on any atom is -0.459 e. The molecule has 3 rings (SSSR count). The number of carbonyl (C=O) groups excluding carboxylic acids is 2. The number of halogens is 1. The first-order chi connectivity index (χ1) is 12.4. The molecule has 1 fully saturated rings. The summed E-state index contributed by atoms with van der Waals surface area (Å²) in [6, 6.07) is 6.36. The molecule has 140 valence electrons. The van der Waals surface area contributed by atoms with Crippen molar-refractivity contribution >= 4 is 23.6 Å². The number of hydrogen-bond donors (Lipinski definition) is 1. The number of allylic oxidation sites excluding steroid dienone is 1. The summed E-state index contributed by atoms with van der Waals surface area (Å²) in [4.78, 5) is 26.8. The lowest BCUT2D eigenvalue weighted by molar-refractivity contribution is -0.147. The summed E-state index contributed by atoms with van der Waals surface area (Å²) in [5.41, 5.74) is 1.73. The summed E-state index contributed by atoms with van der Waals surface area (Å²) in [7, 11) is 1.64. The van der Waals surface area contributed by atoms with Gasteiger partial charge in [-0.25, -0.2) is 9.59 Å². The molecular weight excluding hydrogens is 352 g/mol. The molecule has 0 unspecified atom stereocenters. The van der Waals surface area contributed by atoms with Gasteiger partial charge in [0.05, 0.1) is 11.6 Å². The summed E-state index contributed by atoms with van der Waals surface area (Å²) in [5.74, 6) is 0.183. The monoisotopic (exact) mass is 376 g/mol. The molecule has 1 aromatic carbocycles. The molecule has 1 aliphatic carbocycles. The fraction of sp³-hybridized carbons (Fsp3) is 0.500. The molecule has 2 aliphatic rings. The predicted molar refractivity (Wildman–Crippen MR) is 101 cm³/mol. The van der Waals surface area contributed by atoms with Crippen molar-refractivity contribution in [2.24, 2.45) is 5.92 Å². The van der Waals surface area contributed by atoms with E-state index in [1.807, 2.05) is 18.2 Å². The van der Waals surface area contributed by atoms with E-state index in [0.29, 0.717) is 27.8 Å². The van der Waals surface area contributed by atoms with Crippen molar-refractivity contribution in [2.75, 3.05) is 7.05 Å². The van der Waals surface area contributed by atoms with E-state index in [4.69, 9.17) is 16.3 Å². The molecule has 5 nitrogen and oxygen atoms in total. The standard InChI is InChI=1S/C20H25ClN2O3/c1-12-7-6-8-14(11-12)26-19(24)17-13(2)23(3)20(25)22-18(17)15-9-4-5-10-16(15)21/h4-5,9-10,12,14,18H,6-8,11H2,1-3H3,(H,22,25)/t12-,14-,18+/m0/s1. The van der Waals surface area contributed by atoms with E-state index in [1.165, 1.54) is 11.3 Å². The van der Waals surface area contributed by atoms with E-state index in [-0.39, 0.29) is 18.1 Å². The number of benzene rings is 1. The molecule has 1 N–H and O–H groups in total. The third-order valence-electron chi connectivity index (χ3n) is 5.35. The van der Waals surface area contributed by atoms with Gasteiger partial charge in [0.1, 0.15) is 6.10 Å². The van der Waals surface area contributed by atoms with Crippen molar-refractivity contribution in [1.82, 2.24) is 10.2 Å². The zero-order valence-corrected chi connectivity index (χ0v) is 16.2. The number of ether oxygens (including phenoxy) is 1. The second-order valence-electron chi connectivity index (χ2n) is 7.26. The van der Waals surface area contributed by atoms with Crippen LogP contribution in [0.3, 0.4) is 0 Å². The molecule has 0 saturated heterocycles. The molecule has 1 aliphatic heterocycles. The van der Waals surface area contributed by atoms with Gasteiger partial charge in [-0.1, -0.05) is 43.1 Å². The van der Waals surface area contributed by atoms with Crippen LogP contribution in [0.5, 0.6) is 0 Å². The van der Waals surface area contributed by atoms with Gasteiger partial charge in [0, 0.05) is 17.8 Å². The molecule has 1 heterocycles. The lowest BCUT2D eigenvalue weighted by Gasteiger charge is -2.35. The Labute approximate surface area is 159 Å². The minimum absolute atomic E-state index is 0.0682. The second-order valence-corrected chi connectivity index (χ2v) is 7.67. The molecule has 0 spiro atoms. The summed E-state index contributed by atoms with van der Waals surface area (Å²) < 4.78 is 5.83. The maximum Gasteiger partial charge on any atom is 0.338 e. The van der Waals surface area contributed by atoms with Crippen LogP contribution in [-0.2, 0) is 9.53 Å². The van der Waals surface area contributed by atoms with Crippen molar-refractivity contribution in [1.29, 1.82) is 0 Å². The molecule has 0 aromatic heterocycles. The number of nitrogens with zero attached hydrogens (tertiary/aromatic N) is 1. The predicted octanol–water partition coefficient (Wildman–Crippen LogP) is 4.43. The third-order valence-corrected chi connectivity index (χ3v) is 5.70. The van der Waals surface area contributed by atoms with E-state index in [2.05, 4.69) is 12.2 Å². The first-order valence-electron chi connectivity index (χ1n) is 9.09. The molecule has 26 heavy (non-hydrogen) atoms. The van der Waals surface area contributed by atoms with Crippen molar-refractivity contribution in [3.63, 3.8) is 0 Å². The van der Waals surface area contributed by atoms with E-state index < -0.39 is 6.04 Å². The molecule has 0 radical (unpaired) electrons. The van der Waals surface area contributed by atoms with Gasteiger partial charge in [-0.15, -0.1) is 0 Å². The molecule has 0 bridgehead atoms. The lowest BCUT2D eigenvalue weighted by atomic mass is 9.88. The Kier molecular flexibility index (Phi) is 5.56. The van der Waals surface area contributed by atoms with Crippen LogP contribution in [0, 0.1) is 5.92 Å². The maximum absolute atomic E-state index is 13.0. The van der Waals surface area contributed by atoms with Crippen LogP contribution in [0.15, 0.2) is 35.5 Å². The molecule has 6 heteroatoms.